The summed E-state index contributed by atoms with van der Waals surface area (Å²) < 4.78 is 2.18. The molecule has 0 N–H and O–H groups in total. The molecule has 0 bridgehead atoms. The van der Waals surface area contributed by atoms with Crippen LogP contribution in [0.4, 0.5) is 0 Å². The number of rotatable bonds is 2. The van der Waals surface area contributed by atoms with E-state index in [0.29, 0.717) is 0 Å². The van der Waals surface area contributed by atoms with Crippen molar-refractivity contribution in [3.8, 4) is 17.1 Å². The molecule has 0 unspecified atom stereocenters. The molecule has 3 heteroatoms. The fourth-order valence-electron chi connectivity index (χ4n) is 2.58. The topological polar surface area (TPSA) is 17.8 Å². The van der Waals surface area contributed by atoms with Gasteiger partial charge in [0.05, 0.1) is 16.9 Å². The Balaban J connectivity index is 0.00000144. The summed E-state index contributed by atoms with van der Waals surface area (Å²) in [4.78, 5) is 4.79. The van der Waals surface area contributed by atoms with Crippen molar-refractivity contribution in [2.75, 3.05) is 0 Å². The van der Waals surface area contributed by atoms with Gasteiger partial charge in [-0.3, -0.25) is 4.98 Å². The molecular formula is C19H13IrN2-. The summed E-state index contributed by atoms with van der Waals surface area (Å²) in [5, 5.41) is 0. The van der Waals surface area contributed by atoms with Crippen LogP contribution in [0, 0.1) is 6.07 Å². The van der Waals surface area contributed by atoms with Crippen LogP contribution < -0.4 is 0 Å². The minimum absolute atomic E-state index is 0. The van der Waals surface area contributed by atoms with Gasteiger partial charge < -0.3 is 4.57 Å². The fourth-order valence-corrected chi connectivity index (χ4v) is 2.58. The molecule has 1 aromatic heterocycles. The number of benzene rings is 3. The molecule has 1 heterocycles. The van der Waals surface area contributed by atoms with Crippen LogP contribution in [0.1, 0.15) is 0 Å². The number of aromatic nitrogens is 2. The van der Waals surface area contributed by atoms with Gasteiger partial charge in [-0.25, -0.2) is 0 Å². The number of nitrogens with zero attached hydrogens (tertiary/aromatic N) is 2. The average Bonchev–Trinajstić information content (AvgIpc) is 2.96. The molecule has 0 aliphatic rings. The normalized spacial score (nSPS) is 10.4. The van der Waals surface area contributed by atoms with Gasteiger partial charge in [0.15, 0.2) is 0 Å². The maximum atomic E-state index is 4.79. The third-order valence-corrected chi connectivity index (χ3v) is 3.53. The van der Waals surface area contributed by atoms with E-state index in [9.17, 15) is 0 Å². The zero-order valence-electron chi connectivity index (χ0n) is 11.7. The van der Waals surface area contributed by atoms with E-state index in [0.717, 1.165) is 28.1 Å². The Hall–Kier alpha value is -2.22. The third kappa shape index (κ3) is 2.50. The molecule has 3 aromatic carbocycles. The first-order valence-electron chi connectivity index (χ1n) is 6.93. The van der Waals surface area contributed by atoms with Gasteiger partial charge in [0.25, 0.3) is 0 Å². The van der Waals surface area contributed by atoms with Gasteiger partial charge in [-0.15, -0.1) is 35.9 Å². The molecule has 0 saturated heterocycles. The quantitative estimate of drug-likeness (QED) is 0.402. The SMILES string of the molecule is [Ir].[c-]1ccccc1-c1nc2ccccc2n1-c1ccccc1. The molecule has 4 aromatic rings. The van der Waals surface area contributed by atoms with Crippen LogP contribution >= 0.6 is 0 Å². The van der Waals surface area contributed by atoms with E-state index in [4.69, 9.17) is 4.98 Å². The Kier molecular flexibility index (Phi) is 4.19. The zero-order chi connectivity index (χ0) is 14.1. The van der Waals surface area contributed by atoms with Crippen molar-refractivity contribution in [3.63, 3.8) is 0 Å². The predicted octanol–water partition coefficient (Wildman–Crippen LogP) is 4.49. The first-order chi connectivity index (χ1) is 10.4. The van der Waals surface area contributed by atoms with Crippen molar-refractivity contribution in [2.24, 2.45) is 0 Å². The maximum Gasteiger partial charge on any atom is 0.0774 e. The largest absolute Gasteiger partial charge is 0.333 e. The second kappa shape index (κ2) is 6.27. The summed E-state index contributed by atoms with van der Waals surface area (Å²) in [7, 11) is 0. The Bertz CT molecular complexity index is 883. The van der Waals surface area contributed by atoms with Gasteiger partial charge >= 0.3 is 0 Å². The van der Waals surface area contributed by atoms with Gasteiger partial charge in [-0.05, 0) is 24.3 Å². The fraction of sp³-hybridized carbons (Fsp3) is 0. The second-order valence-electron chi connectivity index (χ2n) is 4.87. The minimum atomic E-state index is 0. The summed E-state index contributed by atoms with van der Waals surface area (Å²) in [6.45, 7) is 0. The number of imidazole rings is 1. The Morgan fingerprint density at radius 3 is 2.27 bits per heavy atom. The molecule has 0 amide bonds. The molecule has 0 aliphatic carbocycles. The van der Waals surface area contributed by atoms with E-state index in [-0.39, 0.29) is 20.1 Å². The van der Waals surface area contributed by atoms with Crippen LogP contribution in [0.2, 0.25) is 0 Å². The molecule has 22 heavy (non-hydrogen) atoms. The van der Waals surface area contributed by atoms with E-state index in [1.807, 2.05) is 60.7 Å². The van der Waals surface area contributed by atoms with Crippen molar-refractivity contribution in [1.82, 2.24) is 9.55 Å². The zero-order valence-corrected chi connectivity index (χ0v) is 14.1. The van der Waals surface area contributed by atoms with E-state index in [1.54, 1.807) is 0 Å². The van der Waals surface area contributed by atoms with Crippen LogP contribution in [0.25, 0.3) is 28.1 Å². The van der Waals surface area contributed by atoms with Crippen LogP contribution in [0.5, 0.6) is 0 Å². The molecular weight excluding hydrogens is 448 g/mol. The van der Waals surface area contributed by atoms with Crippen molar-refractivity contribution in [3.05, 3.63) is 84.9 Å². The average molecular weight is 462 g/mol. The molecule has 0 atom stereocenters. The molecule has 0 aliphatic heterocycles. The molecule has 0 spiro atoms. The number of fused-ring (bicyclic) bond motifs is 1. The van der Waals surface area contributed by atoms with Gasteiger partial charge in [-0.2, -0.15) is 0 Å². The Morgan fingerprint density at radius 1 is 0.773 bits per heavy atom. The van der Waals surface area contributed by atoms with Crippen LogP contribution in [-0.4, -0.2) is 9.55 Å². The van der Waals surface area contributed by atoms with Crippen LogP contribution in [-0.2, 0) is 20.1 Å². The molecule has 0 saturated carbocycles. The predicted molar refractivity (Wildman–Crippen MR) is 85.3 cm³/mol. The van der Waals surface area contributed by atoms with Gasteiger partial charge in [-0.1, -0.05) is 30.3 Å². The Labute approximate surface area is 142 Å². The van der Waals surface area contributed by atoms with Crippen molar-refractivity contribution < 1.29 is 20.1 Å². The van der Waals surface area contributed by atoms with Crippen molar-refractivity contribution in [2.45, 2.75) is 0 Å². The third-order valence-electron chi connectivity index (χ3n) is 3.53. The Morgan fingerprint density at radius 2 is 1.50 bits per heavy atom. The second-order valence-corrected chi connectivity index (χ2v) is 4.87. The van der Waals surface area contributed by atoms with Crippen LogP contribution in [0.3, 0.4) is 0 Å². The summed E-state index contributed by atoms with van der Waals surface area (Å²) in [5.74, 6) is 0.919. The number of para-hydroxylation sites is 3. The monoisotopic (exact) mass is 462 g/mol. The molecule has 109 valence electrons. The summed E-state index contributed by atoms with van der Waals surface area (Å²) >= 11 is 0. The standard InChI is InChI=1S/C19H13N2.Ir/c1-3-9-15(10-4-1)19-20-17-13-7-8-14-18(17)21(19)16-11-5-2-6-12-16;/h1-9,11-14H;/q-1;. The number of hydrogen-bond donors (Lipinski definition) is 0. The van der Waals surface area contributed by atoms with E-state index >= 15 is 0 Å². The van der Waals surface area contributed by atoms with Crippen molar-refractivity contribution >= 4 is 11.0 Å². The van der Waals surface area contributed by atoms with E-state index in [1.165, 1.54) is 0 Å². The van der Waals surface area contributed by atoms with E-state index in [2.05, 4.69) is 28.8 Å². The number of hydrogen-bond acceptors (Lipinski definition) is 1. The van der Waals surface area contributed by atoms with Gasteiger partial charge in [0.1, 0.15) is 0 Å². The first kappa shape index (κ1) is 14.7. The molecule has 4 rings (SSSR count). The maximum absolute atomic E-state index is 4.79. The van der Waals surface area contributed by atoms with Gasteiger partial charge in [0.2, 0.25) is 0 Å². The summed E-state index contributed by atoms with van der Waals surface area (Å²) in [6.07, 6.45) is 0. The summed E-state index contributed by atoms with van der Waals surface area (Å²) in [5.41, 5.74) is 4.21. The summed E-state index contributed by atoms with van der Waals surface area (Å²) in [6, 6.07) is 29.7. The van der Waals surface area contributed by atoms with Gasteiger partial charge in [0, 0.05) is 25.8 Å². The minimum Gasteiger partial charge on any atom is -0.333 e. The molecule has 2 nitrogen and oxygen atoms in total. The van der Waals surface area contributed by atoms with Crippen molar-refractivity contribution in [1.29, 1.82) is 0 Å². The smallest absolute Gasteiger partial charge is 0.0774 e. The first-order valence-corrected chi connectivity index (χ1v) is 6.93. The molecule has 0 fully saturated rings. The molecule has 1 radical (unpaired) electrons. The van der Waals surface area contributed by atoms with E-state index < -0.39 is 0 Å². The van der Waals surface area contributed by atoms with Crippen LogP contribution in [0.15, 0.2) is 78.9 Å².